The summed E-state index contributed by atoms with van der Waals surface area (Å²) in [4.78, 5) is 8.84. The Labute approximate surface area is 230 Å². The minimum atomic E-state index is -4.36. The smallest absolute Gasteiger partial charge is 0.345 e. The monoisotopic (exact) mass is 536 g/mol. The minimum Gasteiger partial charge on any atom is -0.345 e. The number of para-hydroxylation sites is 1. The molecule has 0 radical (unpaired) electrons. The first-order valence-corrected chi connectivity index (χ1v) is 12.9. The molecule has 7 heteroatoms. The zero-order valence-corrected chi connectivity index (χ0v) is 22.3. The van der Waals surface area contributed by atoms with Crippen molar-refractivity contribution < 1.29 is 13.2 Å². The molecule has 40 heavy (non-hydrogen) atoms. The van der Waals surface area contributed by atoms with Crippen molar-refractivity contribution in [2.75, 3.05) is 16.8 Å². The van der Waals surface area contributed by atoms with E-state index in [1.807, 2.05) is 68.4 Å². The van der Waals surface area contributed by atoms with E-state index in [4.69, 9.17) is 4.98 Å². The lowest BCUT2D eigenvalue weighted by Gasteiger charge is -2.24. The molecule has 2 heterocycles. The van der Waals surface area contributed by atoms with Gasteiger partial charge < -0.3 is 9.47 Å². The van der Waals surface area contributed by atoms with Gasteiger partial charge in [-0.2, -0.15) is 13.2 Å². The normalized spacial score (nSPS) is 11.8. The summed E-state index contributed by atoms with van der Waals surface area (Å²) < 4.78 is 41.2. The number of rotatable bonds is 5. The largest absolute Gasteiger partial charge is 0.416 e. The van der Waals surface area contributed by atoms with Gasteiger partial charge in [-0.3, -0.25) is 4.90 Å². The molecule has 0 unspecified atom stereocenters. The van der Waals surface area contributed by atoms with E-state index in [2.05, 4.69) is 51.9 Å². The van der Waals surface area contributed by atoms with Crippen LogP contribution in [0, 0.1) is 6.92 Å². The average molecular weight is 537 g/mol. The van der Waals surface area contributed by atoms with E-state index in [1.54, 1.807) is 0 Å². The molecule has 6 rings (SSSR count). The van der Waals surface area contributed by atoms with Gasteiger partial charge in [-0.15, -0.1) is 0 Å². The van der Waals surface area contributed by atoms with Crippen LogP contribution in [0.1, 0.15) is 11.3 Å². The van der Waals surface area contributed by atoms with E-state index in [0.29, 0.717) is 5.69 Å². The van der Waals surface area contributed by atoms with Gasteiger partial charge >= 0.3 is 6.18 Å². The summed E-state index contributed by atoms with van der Waals surface area (Å²) in [5.74, 6) is 0.838. The third-order valence-corrected chi connectivity index (χ3v) is 7.32. The van der Waals surface area contributed by atoms with Crippen molar-refractivity contribution in [3.8, 4) is 0 Å². The van der Waals surface area contributed by atoms with Crippen molar-refractivity contribution in [2.45, 2.75) is 13.1 Å². The SMILES string of the molecule is Cc1cccc(N(c2ccccc2)c2ccc3c4ccc(N(C)c5ccc(C(F)(F)F)cc5)cc4n(C)c3c2)n1. The van der Waals surface area contributed by atoms with Gasteiger partial charge in [0.25, 0.3) is 0 Å². The summed E-state index contributed by atoms with van der Waals surface area (Å²) in [5.41, 5.74) is 5.94. The molecule has 200 valence electrons. The van der Waals surface area contributed by atoms with Crippen molar-refractivity contribution in [3.63, 3.8) is 0 Å². The zero-order valence-electron chi connectivity index (χ0n) is 22.3. The summed E-state index contributed by atoms with van der Waals surface area (Å²) in [6.07, 6.45) is -4.36. The molecule has 4 nitrogen and oxygen atoms in total. The van der Waals surface area contributed by atoms with Gasteiger partial charge in [0.05, 0.1) is 16.6 Å². The Hall–Kier alpha value is -4.78. The van der Waals surface area contributed by atoms with Crippen LogP contribution in [0.2, 0.25) is 0 Å². The van der Waals surface area contributed by atoms with Crippen LogP contribution < -0.4 is 9.80 Å². The number of aromatic nitrogens is 2. The molecule has 0 fully saturated rings. The lowest BCUT2D eigenvalue weighted by Crippen LogP contribution is -2.11. The van der Waals surface area contributed by atoms with Crippen LogP contribution in [0.25, 0.3) is 21.8 Å². The molecule has 0 N–H and O–H groups in total. The number of hydrogen-bond donors (Lipinski definition) is 0. The number of pyridine rings is 1. The quantitative estimate of drug-likeness (QED) is 0.219. The number of alkyl halides is 3. The van der Waals surface area contributed by atoms with Crippen LogP contribution in [0.5, 0.6) is 0 Å². The molecule has 4 aromatic carbocycles. The molecule has 0 bridgehead atoms. The number of fused-ring (bicyclic) bond motifs is 3. The number of halogens is 3. The average Bonchev–Trinajstić information content (AvgIpc) is 3.23. The minimum absolute atomic E-state index is 0.657. The Morgan fingerprint density at radius 1 is 0.650 bits per heavy atom. The zero-order chi connectivity index (χ0) is 28.0. The summed E-state index contributed by atoms with van der Waals surface area (Å²) in [6.45, 7) is 1.99. The number of anilines is 5. The molecule has 2 aromatic heterocycles. The lowest BCUT2D eigenvalue weighted by molar-refractivity contribution is -0.137. The highest BCUT2D eigenvalue weighted by Crippen LogP contribution is 2.39. The molecule has 0 aliphatic heterocycles. The van der Waals surface area contributed by atoms with Crippen LogP contribution in [0.15, 0.2) is 109 Å². The fourth-order valence-corrected chi connectivity index (χ4v) is 5.20. The van der Waals surface area contributed by atoms with Crippen LogP contribution in [-0.2, 0) is 13.2 Å². The van der Waals surface area contributed by atoms with Crippen LogP contribution in [0.3, 0.4) is 0 Å². The highest BCUT2D eigenvalue weighted by Gasteiger charge is 2.30. The Morgan fingerprint density at radius 3 is 1.88 bits per heavy atom. The Balaban J connectivity index is 1.43. The summed E-state index contributed by atoms with van der Waals surface area (Å²) in [7, 11) is 3.89. The molecule has 0 aliphatic rings. The predicted molar refractivity (Wildman–Crippen MR) is 157 cm³/mol. The first kappa shape index (κ1) is 25.5. The Bertz CT molecular complexity index is 1820. The molecule has 0 spiro atoms. The fourth-order valence-electron chi connectivity index (χ4n) is 5.20. The third kappa shape index (κ3) is 4.53. The molecule has 0 amide bonds. The maximum atomic E-state index is 13.0. The fraction of sp³-hybridized carbons (Fsp3) is 0.121. The van der Waals surface area contributed by atoms with Gasteiger partial charge in [0, 0.05) is 53.3 Å². The second kappa shape index (κ2) is 9.75. The van der Waals surface area contributed by atoms with Gasteiger partial charge in [-0.25, -0.2) is 4.98 Å². The van der Waals surface area contributed by atoms with E-state index < -0.39 is 11.7 Å². The number of benzene rings is 4. The number of aryl methyl sites for hydroxylation is 2. The van der Waals surface area contributed by atoms with Crippen molar-refractivity contribution in [1.82, 2.24) is 9.55 Å². The van der Waals surface area contributed by atoms with Gasteiger partial charge in [-0.1, -0.05) is 36.4 Å². The maximum Gasteiger partial charge on any atom is 0.416 e. The molecule has 0 atom stereocenters. The summed E-state index contributed by atoms with van der Waals surface area (Å²) >= 11 is 0. The molecule has 6 aromatic rings. The highest BCUT2D eigenvalue weighted by atomic mass is 19.4. The second-order valence-electron chi connectivity index (χ2n) is 9.87. The van der Waals surface area contributed by atoms with Crippen LogP contribution in [0.4, 0.5) is 41.7 Å². The maximum absolute atomic E-state index is 13.0. The van der Waals surface area contributed by atoms with Gasteiger partial charge in [0.2, 0.25) is 0 Å². The van der Waals surface area contributed by atoms with Crippen LogP contribution >= 0.6 is 0 Å². The molecule has 0 saturated heterocycles. The van der Waals surface area contributed by atoms with Crippen LogP contribution in [-0.4, -0.2) is 16.6 Å². The van der Waals surface area contributed by atoms with Gasteiger partial charge in [-0.05, 0) is 79.7 Å². The number of hydrogen-bond acceptors (Lipinski definition) is 3. The topological polar surface area (TPSA) is 24.3 Å². The third-order valence-electron chi connectivity index (χ3n) is 7.32. The Morgan fingerprint density at radius 2 is 1.25 bits per heavy atom. The second-order valence-corrected chi connectivity index (χ2v) is 9.87. The van der Waals surface area contributed by atoms with Gasteiger partial charge in [0.1, 0.15) is 5.82 Å². The van der Waals surface area contributed by atoms with Crippen molar-refractivity contribution >= 4 is 50.4 Å². The molecule has 0 saturated carbocycles. The first-order valence-electron chi connectivity index (χ1n) is 12.9. The van der Waals surface area contributed by atoms with Crippen molar-refractivity contribution in [2.24, 2.45) is 7.05 Å². The molecule has 0 aliphatic carbocycles. The summed E-state index contributed by atoms with van der Waals surface area (Å²) in [5, 5.41) is 2.23. The highest BCUT2D eigenvalue weighted by molar-refractivity contribution is 6.10. The van der Waals surface area contributed by atoms with Crippen molar-refractivity contribution in [1.29, 1.82) is 0 Å². The first-order chi connectivity index (χ1) is 19.2. The van der Waals surface area contributed by atoms with E-state index >= 15 is 0 Å². The Kier molecular flexibility index (Phi) is 6.22. The standard InChI is InChI=1S/C33H27F3N4/c1-22-8-7-11-32(37-22)40(25-9-5-4-6-10-25)27-17-19-29-28-18-16-26(20-30(28)39(3)31(29)21-27)38(2)24-14-12-23(13-15-24)33(34,35)36/h4-21H,1-3H3. The van der Waals surface area contributed by atoms with Gasteiger partial charge in [0.15, 0.2) is 0 Å². The molecular formula is C33H27F3N4. The van der Waals surface area contributed by atoms with Crippen molar-refractivity contribution in [3.05, 3.63) is 120 Å². The number of nitrogens with zero attached hydrogens (tertiary/aromatic N) is 4. The lowest BCUT2D eigenvalue weighted by atomic mass is 10.1. The summed E-state index contributed by atoms with van der Waals surface area (Å²) in [6, 6.07) is 34.0. The van der Waals surface area contributed by atoms with E-state index in [1.165, 1.54) is 12.1 Å². The van der Waals surface area contributed by atoms with E-state index in [-0.39, 0.29) is 0 Å². The van der Waals surface area contributed by atoms with E-state index in [0.717, 1.165) is 62.5 Å². The predicted octanol–water partition coefficient (Wildman–Crippen LogP) is 9.29. The molecular weight excluding hydrogens is 509 g/mol. The van der Waals surface area contributed by atoms with E-state index in [9.17, 15) is 13.2 Å².